The second-order valence-electron chi connectivity index (χ2n) is 6.83. The first kappa shape index (κ1) is 16.6. The third-order valence-corrected chi connectivity index (χ3v) is 3.68. The van der Waals surface area contributed by atoms with Crippen molar-refractivity contribution in [2.24, 2.45) is 0 Å². The third-order valence-electron chi connectivity index (χ3n) is 3.68. The first-order valence-corrected chi connectivity index (χ1v) is 7.90. The number of hydrogen-bond donors (Lipinski definition) is 2. The van der Waals surface area contributed by atoms with E-state index < -0.39 is 5.60 Å². The zero-order valence-electron chi connectivity index (χ0n) is 13.8. The summed E-state index contributed by atoms with van der Waals surface area (Å²) in [7, 11) is 0. The van der Waals surface area contributed by atoms with Crippen LogP contribution in [-0.2, 0) is 11.3 Å². The van der Waals surface area contributed by atoms with E-state index in [1.165, 1.54) is 0 Å². The quantitative estimate of drug-likeness (QED) is 0.843. The summed E-state index contributed by atoms with van der Waals surface area (Å²) in [5.41, 5.74) is 7.10. The molecular formula is C17H27N3O2. The molecule has 3 N–H and O–H groups in total. The smallest absolute Gasteiger partial charge is 0.410 e. The van der Waals surface area contributed by atoms with E-state index in [0.717, 1.165) is 31.5 Å². The molecule has 1 aromatic carbocycles. The predicted octanol–water partition coefficient (Wildman–Crippen LogP) is 2.76. The van der Waals surface area contributed by atoms with Crippen LogP contribution in [0.25, 0.3) is 0 Å². The number of nitrogens with zero attached hydrogens (tertiary/aromatic N) is 1. The Morgan fingerprint density at radius 1 is 1.36 bits per heavy atom. The van der Waals surface area contributed by atoms with E-state index in [2.05, 4.69) is 5.32 Å². The minimum atomic E-state index is -0.488. The van der Waals surface area contributed by atoms with Crippen molar-refractivity contribution in [3.63, 3.8) is 0 Å². The Bertz CT molecular complexity index is 505. The van der Waals surface area contributed by atoms with Gasteiger partial charge in [-0.2, -0.15) is 0 Å². The first-order valence-electron chi connectivity index (χ1n) is 7.90. The van der Waals surface area contributed by atoms with Crippen LogP contribution in [0.15, 0.2) is 24.3 Å². The Hall–Kier alpha value is -1.75. The van der Waals surface area contributed by atoms with Crippen LogP contribution in [0.3, 0.4) is 0 Å². The second kappa shape index (κ2) is 7.01. The lowest BCUT2D eigenvalue weighted by Gasteiger charge is -2.36. The Morgan fingerprint density at radius 2 is 2.05 bits per heavy atom. The summed E-state index contributed by atoms with van der Waals surface area (Å²) >= 11 is 0. The molecule has 0 unspecified atom stereocenters. The summed E-state index contributed by atoms with van der Waals surface area (Å²) in [5.74, 6) is 0. The summed E-state index contributed by atoms with van der Waals surface area (Å²) < 4.78 is 5.59. The van der Waals surface area contributed by atoms with Gasteiger partial charge in [-0.25, -0.2) is 4.79 Å². The maximum Gasteiger partial charge on any atom is 0.410 e. The molecule has 1 heterocycles. The molecule has 1 saturated heterocycles. The van der Waals surface area contributed by atoms with Gasteiger partial charge in [0.25, 0.3) is 0 Å². The van der Waals surface area contributed by atoms with Gasteiger partial charge in [0, 0.05) is 18.3 Å². The van der Waals surface area contributed by atoms with Gasteiger partial charge < -0.3 is 20.7 Å². The van der Waals surface area contributed by atoms with Crippen molar-refractivity contribution in [2.75, 3.05) is 18.8 Å². The number of nitrogens with one attached hydrogen (secondary N) is 1. The van der Waals surface area contributed by atoms with Crippen LogP contribution in [0.4, 0.5) is 10.5 Å². The molecule has 0 saturated carbocycles. The number of nitrogens with two attached hydrogens (primary N) is 1. The van der Waals surface area contributed by atoms with Crippen LogP contribution >= 0.6 is 0 Å². The maximum atomic E-state index is 12.6. The molecule has 22 heavy (non-hydrogen) atoms. The van der Waals surface area contributed by atoms with Gasteiger partial charge in [0.15, 0.2) is 0 Å². The molecule has 1 aliphatic rings. The van der Waals surface area contributed by atoms with E-state index in [1.807, 2.05) is 49.9 Å². The van der Waals surface area contributed by atoms with E-state index >= 15 is 0 Å². The fourth-order valence-electron chi connectivity index (χ4n) is 2.67. The second-order valence-corrected chi connectivity index (χ2v) is 6.83. The Balaban J connectivity index is 2.15. The minimum absolute atomic E-state index is 0.206. The van der Waals surface area contributed by atoms with E-state index in [-0.39, 0.29) is 12.1 Å². The number of benzene rings is 1. The summed E-state index contributed by atoms with van der Waals surface area (Å²) in [6, 6.07) is 7.89. The third kappa shape index (κ3) is 4.91. The van der Waals surface area contributed by atoms with Gasteiger partial charge in [0.2, 0.25) is 0 Å². The van der Waals surface area contributed by atoms with Crippen molar-refractivity contribution >= 4 is 11.8 Å². The number of carbonyl (C=O) groups excluding carboxylic acids is 1. The van der Waals surface area contributed by atoms with Crippen LogP contribution in [-0.4, -0.2) is 35.7 Å². The molecule has 1 fully saturated rings. The number of nitrogen functional groups attached to an aromatic ring is 1. The highest BCUT2D eigenvalue weighted by Gasteiger charge is 2.29. The van der Waals surface area contributed by atoms with Gasteiger partial charge in [-0.3, -0.25) is 0 Å². The highest BCUT2D eigenvalue weighted by molar-refractivity contribution is 5.68. The molecule has 5 nitrogen and oxygen atoms in total. The summed E-state index contributed by atoms with van der Waals surface area (Å²) in [6.45, 7) is 8.08. The Labute approximate surface area is 132 Å². The Kier molecular flexibility index (Phi) is 5.29. The van der Waals surface area contributed by atoms with Crippen molar-refractivity contribution in [2.45, 2.75) is 51.8 Å². The molecule has 0 radical (unpaired) electrons. The molecule has 0 aliphatic carbocycles. The van der Waals surface area contributed by atoms with Crippen LogP contribution in [0.5, 0.6) is 0 Å². The topological polar surface area (TPSA) is 67.6 Å². The molecule has 1 aliphatic heterocycles. The lowest BCUT2D eigenvalue weighted by Crippen LogP contribution is -2.47. The molecular weight excluding hydrogens is 278 g/mol. The van der Waals surface area contributed by atoms with Gasteiger partial charge in [0.05, 0.1) is 0 Å². The van der Waals surface area contributed by atoms with Crippen molar-refractivity contribution in [3.05, 3.63) is 29.8 Å². The summed E-state index contributed by atoms with van der Waals surface area (Å²) in [5, 5.41) is 3.33. The largest absolute Gasteiger partial charge is 0.444 e. The van der Waals surface area contributed by atoms with Gasteiger partial charge in [-0.1, -0.05) is 12.1 Å². The van der Waals surface area contributed by atoms with Crippen molar-refractivity contribution < 1.29 is 9.53 Å². The standard InChI is InChI=1S/C17H27N3O2/c1-17(2,3)22-16(21)20(15-7-9-19-10-8-15)12-13-5-4-6-14(18)11-13/h4-6,11,15,19H,7-10,12,18H2,1-3H3. The number of rotatable bonds is 3. The monoisotopic (exact) mass is 305 g/mol. The van der Waals surface area contributed by atoms with Crippen LogP contribution < -0.4 is 11.1 Å². The maximum absolute atomic E-state index is 12.6. The van der Waals surface area contributed by atoms with Crippen LogP contribution in [0.1, 0.15) is 39.2 Å². The van der Waals surface area contributed by atoms with E-state index in [0.29, 0.717) is 12.2 Å². The fraction of sp³-hybridized carbons (Fsp3) is 0.588. The highest BCUT2D eigenvalue weighted by Crippen LogP contribution is 2.20. The number of ether oxygens (including phenoxy) is 1. The number of carbonyl (C=O) groups is 1. The first-order chi connectivity index (χ1) is 10.3. The molecule has 0 atom stereocenters. The molecule has 5 heteroatoms. The van der Waals surface area contributed by atoms with Crippen LogP contribution in [0, 0.1) is 0 Å². The SMILES string of the molecule is CC(C)(C)OC(=O)N(Cc1cccc(N)c1)C1CCNCC1. The predicted molar refractivity (Wildman–Crippen MR) is 88.5 cm³/mol. The minimum Gasteiger partial charge on any atom is -0.444 e. The molecule has 1 amide bonds. The van der Waals surface area contributed by atoms with E-state index in [4.69, 9.17) is 10.5 Å². The molecule has 122 valence electrons. The van der Waals surface area contributed by atoms with E-state index in [9.17, 15) is 4.79 Å². The summed E-state index contributed by atoms with van der Waals surface area (Å²) in [6.07, 6.45) is 1.64. The molecule has 2 rings (SSSR count). The molecule has 1 aromatic rings. The van der Waals surface area contributed by atoms with Gasteiger partial charge in [0.1, 0.15) is 5.60 Å². The average molecular weight is 305 g/mol. The molecule has 0 spiro atoms. The zero-order chi connectivity index (χ0) is 16.2. The van der Waals surface area contributed by atoms with Crippen LogP contribution in [0.2, 0.25) is 0 Å². The average Bonchev–Trinajstić information content (AvgIpc) is 2.44. The summed E-state index contributed by atoms with van der Waals surface area (Å²) in [4.78, 5) is 14.4. The zero-order valence-corrected chi connectivity index (χ0v) is 13.8. The number of hydrogen-bond acceptors (Lipinski definition) is 4. The molecule has 0 aromatic heterocycles. The Morgan fingerprint density at radius 3 is 2.64 bits per heavy atom. The van der Waals surface area contributed by atoms with Gasteiger partial charge >= 0.3 is 6.09 Å². The number of amides is 1. The fourth-order valence-corrected chi connectivity index (χ4v) is 2.67. The normalized spacial score (nSPS) is 16.3. The lowest BCUT2D eigenvalue weighted by molar-refractivity contribution is 0.0107. The lowest BCUT2D eigenvalue weighted by atomic mass is 10.0. The van der Waals surface area contributed by atoms with Crippen molar-refractivity contribution in [1.29, 1.82) is 0 Å². The van der Waals surface area contributed by atoms with E-state index in [1.54, 1.807) is 0 Å². The van der Waals surface area contributed by atoms with Crippen molar-refractivity contribution in [1.82, 2.24) is 10.2 Å². The van der Waals surface area contributed by atoms with Gasteiger partial charge in [-0.15, -0.1) is 0 Å². The highest BCUT2D eigenvalue weighted by atomic mass is 16.6. The van der Waals surface area contributed by atoms with Crippen molar-refractivity contribution in [3.8, 4) is 0 Å². The number of piperidine rings is 1. The van der Waals surface area contributed by atoms with Gasteiger partial charge in [-0.05, 0) is 64.4 Å². The number of anilines is 1. The molecule has 0 bridgehead atoms.